The molecule has 0 aliphatic heterocycles. The molecule has 8 heavy (non-hydrogen) atoms. The molecule has 0 amide bonds. The van der Waals surface area contributed by atoms with Crippen LogP contribution in [0.5, 0.6) is 0 Å². The van der Waals surface area contributed by atoms with Crippen molar-refractivity contribution in [2.45, 2.75) is 0 Å². The van der Waals surface area contributed by atoms with Gasteiger partial charge in [-0.25, -0.2) is 0 Å². The van der Waals surface area contributed by atoms with Gasteiger partial charge >= 0.3 is 18.9 Å². The number of halogens is 1. The Morgan fingerprint density at radius 3 is 1.50 bits per heavy atom. The number of hydrogen-bond acceptors (Lipinski definition) is 0. The van der Waals surface area contributed by atoms with Crippen molar-refractivity contribution in [3.63, 3.8) is 0 Å². The van der Waals surface area contributed by atoms with E-state index in [1.54, 1.807) is 0 Å². The van der Waals surface area contributed by atoms with Crippen molar-refractivity contribution in [1.29, 1.82) is 0 Å². The predicted molar refractivity (Wildman–Crippen MR) is 32.5 cm³/mol. The van der Waals surface area contributed by atoms with Crippen molar-refractivity contribution in [1.82, 2.24) is 0 Å². The van der Waals surface area contributed by atoms with Gasteiger partial charge in [0.1, 0.15) is 0 Å². The van der Waals surface area contributed by atoms with Crippen LogP contribution in [0.3, 0.4) is 0 Å². The van der Waals surface area contributed by atoms with Crippen molar-refractivity contribution in [3.05, 3.63) is 36.4 Å². The van der Waals surface area contributed by atoms with Crippen LogP contribution in [0.4, 0.5) is 0 Å². The van der Waals surface area contributed by atoms with Crippen LogP contribution in [0.2, 0.25) is 0 Å². The van der Waals surface area contributed by atoms with E-state index in [1.807, 2.05) is 30.3 Å². The fourth-order valence-electron chi connectivity index (χ4n) is 0.342. The van der Waals surface area contributed by atoms with Gasteiger partial charge in [-0.3, -0.25) is 0 Å². The average Bonchev–Trinajstić information content (AvgIpc) is 1.72. The molecule has 0 saturated heterocycles. The number of benzene rings is 1. The molecule has 0 N–H and O–H groups in total. The predicted octanol–water partition coefficient (Wildman–Crippen LogP) is -1.09. The number of hydrogen-bond donors (Lipinski definition) is 0. The van der Waals surface area contributed by atoms with Crippen molar-refractivity contribution in [2.24, 2.45) is 0 Å². The van der Waals surface area contributed by atoms with Gasteiger partial charge in [0.2, 0.25) is 0 Å². The molecule has 1 aromatic carbocycles. The molecule has 0 spiro atoms. The molecular weight excluding hydrogens is 114 g/mol. The quantitative estimate of drug-likeness (QED) is 0.302. The smallest absolute Gasteiger partial charge is 0.184 e. The molecule has 1 rings (SSSR count). The summed E-state index contributed by atoms with van der Waals surface area (Å²) in [6, 6.07) is 12.5. The van der Waals surface area contributed by atoms with E-state index in [1.165, 1.54) is 0 Å². The Morgan fingerprint density at radius 1 is 0.875 bits per heavy atom. The minimum Gasteiger partial charge on any atom is -0.184 e. The Morgan fingerprint density at radius 2 is 1.38 bits per heavy atom. The standard InChI is InChI=1S/C6H5.ClH.Li/c1-2-4-6-5-3-1;;/h1-5H;1H;/q-1;;+1. The minimum atomic E-state index is 0. The Hall–Kier alpha value is 0.107. The molecule has 0 fully saturated rings. The second-order valence-electron chi connectivity index (χ2n) is 1.08. The topological polar surface area (TPSA) is 0 Å². The second kappa shape index (κ2) is 7.11. The second-order valence-corrected chi connectivity index (χ2v) is 1.08. The van der Waals surface area contributed by atoms with E-state index in [2.05, 4.69) is 6.07 Å². The van der Waals surface area contributed by atoms with Crippen LogP contribution in [0, 0.1) is 6.07 Å². The van der Waals surface area contributed by atoms with Gasteiger partial charge < -0.3 is 0 Å². The van der Waals surface area contributed by atoms with Crippen molar-refractivity contribution < 1.29 is 18.9 Å². The van der Waals surface area contributed by atoms with Crippen LogP contribution in [0.15, 0.2) is 30.3 Å². The molecule has 0 bridgehead atoms. The monoisotopic (exact) mass is 120 g/mol. The van der Waals surface area contributed by atoms with E-state index in [4.69, 9.17) is 0 Å². The molecule has 0 saturated carbocycles. The zero-order chi connectivity index (χ0) is 4.24. The summed E-state index contributed by atoms with van der Waals surface area (Å²) < 4.78 is 0. The minimum absolute atomic E-state index is 0. The van der Waals surface area contributed by atoms with Gasteiger partial charge in [-0.05, 0) is 0 Å². The first-order valence-corrected chi connectivity index (χ1v) is 1.91. The Kier molecular flexibility index (Phi) is 9.75. The molecule has 0 heterocycles. The molecule has 1 aromatic rings. The molecule has 0 radical (unpaired) electrons. The fourth-order valence-corrected chi connectivity index (χ4v) is 0.342. The maximum atomic E-state index is 2.89. The molecule has 0 aliphatic rings. The van der Waals surface area contributed by atoms with Crippen LogP contribution < -0.4 is 18.9 Å². The van der Waals surface area contributed by atoms with E-state index in [9.17, 15) is 0 Å². The van der Waals surface area contributed by atoms with Gasteiger partial charge in [0, 0.05) is 0 Å². The first-order valence-electron chi connectivity index (χ1n) is 1.91. The molecule has 0 aliphatic carbocycles. The molecule has 0 nitrogen and oxygen atoms in total. The third-order valence-electron chi connectivity index (χ3n) is 0.607. The van der Waals surface area contributed by atoms with Gasteiger partial charge in [0.25, 0.3) is 0 Å². The third-order valence-corrected chi connectivity index (χ3v) is 0.607. The van der Waals surface area contributed by atoms with Crippen LogP contribution >= 0.6 is 12.4 Å². The molecule has 0 aromatic heterocycles. The summed E-state index contributed by atoms with van der Waals surface area (Å²) in [6.45, 7) is 0. The summed E-state index contributed by atoms with van der Waals surface area (Å²) in [5.41, 5.74) is 0. The Bertz CT molecular complexity index is 80.5. The largest absolute Gasteiger partial charge is 1.00 e. The first kappa shape index (κ1) is 11.0. The average molecular weight is 121 g/mol. The van der Waals surface area contributed by atoms with Crippen LogP contribution in [0.1, 0.15) is 0 Å². The summed E-state index contributed by atoms with van der Waals surface area (Å²) in [5.74, 6) is 0. The molecule has 0 unspecified atom stereocenters. The Balaban J connectivity index is 0. The third kappa shape index (κ3) is 4.27. The van der Waals surface area contributed by atoms with Crippen molar-refractivity contribution in [3.8, 4) is 0 Å². The van der Waals surface area contributed by atoms with E-state index < -0.39 is 0 Å². The summed E-state index contributed by atoms with van der Waals surface area (Å²) in [6.07, 6.45) is 0. The maximum absolute atomic E-state index is 2.89. The maximum Gasteiger partial charge on any atom is 1.00 e. The first-order chi connectivity index (χ1) is 3.00. The zero-order valence-electron chi connectivity index (χ0n) is 4.79. The summed E-state index contributed by atoms with van der Waals surface area (Å²) in [4.78, 5) is 0. The van der Waals surface area contributed by atoms with Crippen LogP contribution in [0.25, 0.3) is 0 Å². The molecule has 2 heteroatoms. The SMILES string of the molecule is Cl.[Li+].[c-]1ccccc1. The van der Waals surface area contributed by atoms with Gasteiger partial charge in [0.05, 0.1) is 0 Å². The Labute approximate surface area is 67.9 Å². The van der Waals surface area contributed by atoms with Gasteiger partial charge in [0.15, 0.2) is 0 Å². The van der Waals surface area contributed by atoms with E-state index >= 15 is 0 Å². The summed E-state index contributed by atoms with van der Waals surface area (Å²) in [5, 5.41) is 0. The van der Waals surface area contributed by atoms with Crippen LogP contribution in [-0.4, -0.2) is 0 Å². The van der Waals surface area contributed by atoms with E-state index in [0.717, 1.165) is 0 Å². The van der Waals surface area contributed by atoms with Crippen molar-refractivity contribution in [2.75, 3.05) is 0 Å². The van der Waals surface area contributed by atoms with Gasteiger partial charge in [-0.1, -0.05) is 0 Å². The van der Waals surface area contributed by atoms with E-state index in [0.29, 0.717) is 0 Å². The molecular formula is C6H6ClLi. The van der Waals surface area contributed by atoms with Gasteiger partial charge in [-0.15, -0.1) is 12.4 Å². The van der Waals surface area contributed by atoms with Gasteiger partial charge in [-0.2, -0.15) is 36.4 Å². The van der Waals surface area contributed by atoms with E-state index in [-0.39, 0.29) is 31.3 Å². The summed E-state index contributed by atoms with van der Waals surface area (Å²) >= 11 is 0. The van der Waals surface area contributed by atoms with Crippen molar-refractivity contribution >= 4 is 12.4 Å². The number of rotatable bonds is 0. The summed E-state index contributed by atoms with van der Waals surface area (Å²) in [7, 11) is 0. The molecule has 0 atom stereocenters. The normalized spacial score (nSPS) is 6.00. The fraction of sp³-hybridized carbons (Fsp3) is 0. The molecule has 38 valence electrons. The zero-order valence-corrected chi connectivity index (χ0v) is 5.61. The van der Waals surface area contributed by atoms with Crippen LogP contribution in [-0.2, 0) is 0 Å².